The molecule has 2 aliphatic rings. The van der Waals surface area contributed by atoms with Crippen LogP contribution in [0.5, 0.6) is 11.5 Å². The Balaban J connectivity index is 1.30. The van der Waals surface area contributed by atoms with E-state index in [4.69, 9.17) is 23.7 Å². The Hall–Kier alpha value is -4.22. The molecular formula is C33H35N3O7. The minimum absolute atomic E-state index is 0.0450. The summed E-state index contributed by atoms with van der Waals surface area (Å²) in [5.74, 6) is 1.87. The highest BCUT2D eigenvalue weighted by molar-refractivity contribution is 5.49. The van der Waals surface area contributed by atoms with Crippen LogP contribution in [-0.2, 0) is 19.8 Å². The topological polar surface area (TPSA) is 117 Å². The number of aliphatic hydroxyl groups excluding tert-OH is 1. The molecule has 1 aromatic heterocycles. The minimum atomic E-state index is -1.06. The lowest BCUT2D eigenvalue weighted by Gasteiger charge is -2.37. The first-order valence-corrected chi connectivity index (χ1v) is 14.2. The molecule has 10 nitrogen and oxygen atoms in total. The summed E-state index contributed by atoms with van der Waals surface area (Å²) in [6.07, 6.45) is -0.484. The Morgan fingerprint density at radius 2 is 1.49 bits per heavy atom. The zero-order valence-electron chi connectivity index (χ0n) is 24.3. The molecule has 0 saturated carbocycles. The molecule has 0 amide bonds. The molecule has 224 valence electrons. The van der Waals surface area contributed by atoms with Crippen molar-refractivity contribution >= 4 is 5.82 Å². The number of rotatable bonds is 11. The number of anilines is 1. The molecule has 0 spiro atoms. The molecule has 2 N–H and O–H groups in total. The summed E-state index contributed by atoms with van der Waals surface area (Å²) in [6, 6.07) is 27.1. The van der Waals surface area contributed by atoms with E-state index in [1.54, 1.807) is 26.5 Å². The second-order valence-corrected chi connectivity index (χ2v) is 10.7. The molecule has 2 saturated heterocycles. The average Bonchev–Trinajstić information content (AvgIpc) is 3.61. The van der Waals surface area contributed by atoms with Crippen molar-refractivity contribution in [2.75, 3.05) is 26.1 Å². The van der Waals surface area contributed by atoms with Crippen molar-refractivity contribution < 1.29 is 28.8 Å². The maximum atomic E-state index is 12.9. The molecule has 2 aliphatic heterocycles. The van der Waals surface area contributed by atoms with Gasteiger partial charge in [0.05, 0.1) is 26.9 Å². The summed E-state index contributed by atoms with van der Waals surface area (Å²) in [7, 11) is 3.25. The third-order valence-electron chi connectivity index (χ3n) is 7.98. The highest BCUT2D eigenvalue weighted by atomic mass is 16.6. The van der Waals surface area contributed by atoms with E-state index in [0.29, 0.717) is 5.82 Å². The third kappa shape index (κ3) is 5.87. The summed E-state index contributed by atoms with van der Waals surface area (Å²) in [6.45, 7) is 1.98. The number of nitrogens with one attached hydrogen (secondary N) is 1. The van der Waals surface area contributed by atoms with Crippen molar-refractivity contribution in [3.8, 4) is 11.5 Å². The van der Waals surface area contributed by atoms with Gasteiger partial charge in [0.1, 0.15) is 41.4 Å². The summed E-state index contributed by atoms with van der Waals surface area (Å²) >= 11 is 0. The van der Waals surface area contributed by atoms with Crippen molar-refractivity contribution in [1.82, 2.24) is 9.55 Å². The van der Waals surface area contributed by atoms with Crippen LogP contribution in [0.3, 0.4) is 0 Å². The molecule has 2 fully saturated rings. The smallest absolute Gasteiger partial charge is 0.351 e. The van der Waals surface area contributed by atoms with Gasteiger partial charge < -0.3 is 34.1 Å². The normalized spacial score (nSPS) is 23.1. The molecule has 43 heavy (non-hydrogen) atoms. The minimum Gasteiger partial charge on any atom is -0.497 e. The molecule has 0 aliphatic carbocycles. The van der Waals surface area contributed by atoms with Gasteiger partial charge in [-0.1, -0.05) is 54.6 Å². The van der Waals surface area contributed by atoms with E-state index in [1.807, 2.05) is 85.8 Å². The Kier molecular flexibility index (Phi) is 8.18. The van der Waals surface area contributed by atoms with Gasteiger partial charge >= 0.3 is 5.69 Å². The van der Waals surface area contributed by atoms with Crippen molar-refractivity contribution in [3.63, 3.8) is 0 Å². The molecule has 3 heterocycles. The maximum absolute atomic E-state index is 12.9. The van der Waals surface area contributed by atoms with E-state index in [-0.39, 0.29) is 25.4 Å². The van der Waals surface area contributed by atoms with E-state index in [2.05, 4.69) is 10.3 Å². The summed E-state index contributed by atoms with van der Waals surface area (Å²) in [5.41, 5.74) is 1.09. The van der Waals surface area contributed by atoms with Crippen LogP contribution < -0.4 is 20.5 Å². The lowest BCUT2D eigenvalue weighted by Crippen LogP contribution is -2.38. The fraction of sp³-hybridized carbons (Fsp3) is 0.333. The van der Waals surface area contributed by atoms with Gasteiger partial charge in [-0.15, -0.1) is 0 Å². The van der Waals surface area contributed by atoms with Crippen LogP contribution in [0.4, 0.5) is 5.82 Å². The Bertz CT molecular complexity index is 1530. The monoisotopic (exact) mass is 585 g/mol. The predicted molar refractivity (Wildman–Crippen MR) is 159 cm³/mol. The fourth-order valence-electron chi connectivity index (χ4n) is 5.51. The molecule has 3 aromatic carbocycles. The third-order valence-corrected chi connectivity index (χ3v) is 7.98. The maximum Gasteiger partial charge on any atom is 0.351 e. The van der Waals surface area contributed by atoms with Crippen LogP contribution in [0.15, 0.2) is 95.9 Å². The molecule has 10 heteroatoms. The first kappa shape index (κ1) is 28.9. The highest BCUT2D eigenvalue weighted by Crippen LogP contribution is 2.42. The van der Waals surface area contributed by atoms with Crippen LogP contribution in [0.2, 0.25) is 0 Å². The standard InChI is InChI=1S/C33H35N3O7/c1-21-31(42-21)34-29-17-18-36(32(38)35-29)30-19-27(37)28(43-30)20-41-33(22-7-5-4-6-8-22,23-9-13-25(39-2)14-10-23)24-11-15-26(40-3)16-12-24/h4-18,21,27-28,30-31,37H,19-20H2,1-3H3,(H,34,35,38). The first-order valence-electron chi connectivity index (χ1n) is 14.2. The SMILES string of the molecule is COc1ccc(C(OCC2OC(n3ccc(NC4OC4C)nc3=O)CC2O)(c2ccccc2)c2ccc(OC)cc2)cc1. The fourth-order valence-corrected chi connectivity index (χ4v) is 5.51. The van der Waals surface area contributed by atoms with E-state index < -0.39 is 29.7 Å². The Morgan fingerprint density at radius 3 is 2.02 bits per heavy atom. The Morgan fingerprint density at radius 1 is 0.907 bits per heavy atom. The van der Waals surface area contributed by atoms with E-state index in [1.165, 1.54) is 4.57 Å². The van der Waals surface area contributed by atoms with Crippen LogP contribution in [0, 0.1) is 0 Å². The molecule has 6 rings (SSSR count). The van der Waals surface area contributed by atoms with Crippen molar-refractivity contribution in [2.45, 2.75) is 49.7 Å². The van der Waals surface area contributed by atoms with Gasteiger partial charge in [0.25, 0.3) is 0 Å². The number of aromatic nitrogens is 2. The summed E-state index contributed by atoms with van der Waals surface area (Å²) < 4.78 is 30.7. The molecular weight excluding hydrogens is 550 g/mol. The molecule has 4 aromatic rings. The highest BCUT2D eigenvalue weighted by Gasteiger charge is 2.42. The van der Waals surface area contributed by atoms with Crippen LogP contribution in [0.1, 0.15) is 36.3 Å². The number of hydrogen-bond acceptors (Lipinski definition) is 9. The van der Waals surface area contributed by atoms with Crippen molar-refractivity contribution in [2.24, 2.45) is 0 Å². The van der Waals surface area contributed by atoms with E-state index in [9.17, 15) is 9.90 Å². The van der Waals surface area contributed by atoms with E-state index in [0.717, 1.165) is 28.2 Å². The van der Waals surface area contributed by atoms with Gasteiger partial charge in [0.15, 0.2) is 6.23 Å². The molecule has 5 atom stereocenters. The van der Waals surface area contributed by atoms with Crippen molar-refractivity contribution in [1.29, 1.82) is 0 Å². The van der Waals surface area contributed by atoms with E-state index >= 15 is 0 Å². The number of hydrogen-bond donors (Lipinski definition) is 2. The molecule has 0 bridgehead atoms. The average molecular weight is 586 g/mol. The largest absolute Gasteiger partial charge is 0.497 e. The van der Waals surface area contributed by atoms with Gasteiger partial charge in [0.2, 0.25) is 0 Å². The molecule has 0 radical (unpaired) electrons. The van der Waals surface area contributed by atoms with Gasteiger partial charge in [-0.25, -0.2) is 4.79 Å². The van der Waals surface area contributed by atoms with Gasteiger partial charge in [0, 0.05) is 12.6 Å². The number of epoxide rings is 1. The quantitative estimate of drug-likeness (QED) is 0.198. The van der Waals surface area contributed by atoms with Crippen LogP contribution in [0.25, 0.3) is 0 Å². The number of nitrogens with zero attached hydrogens (tertiary/aromatic N) is 2. The lowest BCUT2D eigenvalue weighted by molar-refractivity contribution is -0.0944. The van der Waals surface area contributed by atoms with Gasteiger partial charge in [-0.05, 0) is 53.9 Å². The zero-order chi connectivity index (χ0) is 30.0. The lowest BCUT2D eigenvalue weighted by atomic mass is 9.80. The molecule has 5 unspecified atom stereocenters. The second-order valence-electron chi connectivity index (χ2n) is 10.7. The van der Waals surface area contributed by atoms with Crippen LogP contribution in [-0.4, -0.2) is 60.0 Å². The first-order chi connectivity index (χ1) is 20.9. The van der Waals surface area contributed by atoms with Gasteiger partial charge in [-0.3, -0.25) is 4.57 Å². The summed E-state index contributed by atoms with van der Waals surface area (Å²) in [5, 5.41) is 14.1. The predicted octanol–water partition coefficient (Wildman–Crippen LogP) is 4.07. The van der Waals surface area contributed by atoms with Gasteiger partial charge in [-0.2, -0.15) is 4.98 Å². The van der Waals surface area contributed by atoms with Crippen molar-refractivity contribution in [3.05, 3.63) is 118 Å². The number of ether oxygens (including phenoxy) is 5. The zero-order valence-corrected chi connectivity index (χ0v) is 24.3. The van der Waals surface area contributed by atoms with Crippen LogP contribution >= 0.6 is 0 Å². The second kappa shape index (κ2) is 12.2. The number of benzene rings is 3. The number of methoxy groups -OCH3 is 2. The Labute approximate surface area is 249 Å². The summed E-state index contributed by atoms with van der Waals surface area (Å²) in [4.78, 5) is 17.0. The number of aliphatic hydroxyl groups is 1.